The first-order chi connectivity index (χ1) is 14.4. The third kappa shape index (κ3) is 3.60. The van der Waals surface area contributed by atoms with E-state index in [1.54, 1.807) is 0 Å². The van der Waals surface area contributed by atoms with Crippen molar-refractivity contribution in [3.8, 4) is 28.5 Å². The number of morpholine rings is 1. The number of hydrogen-bond acceptors (Lipinski definition) is 4. The molecule has 0 saturated carbocycles. The summed E-state index contributed by atoms with van der Waals surface area (Å²) in [6.45, 7) is 3.24. The molecule has 6 nitrogen and oxygen atoms in total. The predicted molar refractivity (Wildman–Crippen MR) is 113 cm³/mol. The second kappa shape index (κ2) is 8.03. The van der Waals surface area contributed by atoms with Crippen molar-refractivity contribution in [3.63, 3.8) is 0 Å². The molecule has 3 aromatic heterocycles. The van der Waals surface area contributed by atoms with Crippen LogP contribution < -0.4 is 5.32 Å². The van der Waals surface area contributed by atoms with E-state index in [0.29, 0.717) is 0 Å². The number of benzene rings is 1. The van der Waals surface area contributed by atoms with Gasteiger partial charge in [0.1, 0.15) is 5.82 Å². The van der Waals surface area contributed by atoms with E-state index < -0.39 is 0 Å². The van der Waals surface area contributed by atoms with E-state index >= 15 is 0 Å². The lowest BCUT2D eigenvalue weighted by atomic mass is 10.1. The van der Waals surface area contributed by atoms with Gasteiger partial charge in [0, 0.05) is 31.0 Å². The molecule has 0 bridgehead atoms. The number of imidazole rings is 1. The molecule has 0 spiro atoms. The van der Waals surface area contributed by atoms with Gasteiger partial charge in [-0.05, 0) is 24.3 Å². The average molecular weight is 385 g/mol. The minimum absolute atomic E-state index is 0.124. The van der Waals surface area contributed by atoms with Gasteiger partial charge in [-0.2, -0.15) is 0 Å². The largest absolute Gasteiger partial charge is 0.374 e. The van der Waals surface area contributed by atoms with Crippen molar-refractivity contribution in [2.24, 2.45) is 0 Å². The number of ether oxygens (including phenoxy) is 1. The zero-order chi connectivity index (χ0) is 19.5. The highest BCUT2D eigenvalue weighted by Crippen LogP contribution is 2.33. The molecule has 5 rings (SSSR count). The van der Waals surface area contributed by atoms with Crippen LogP contribution in [0.3, 0.4) is 0 Å². The predicted octanol–water partition coefficient (Wildman–Crippen LogP) is 3.39. The van der Waals surface area contributed by atoms with Crippen LogP contribution >= 0.6 is 0 Å². The van der Waals surface area contributed by atoms with Crippen molar-refractivity contribution in [1.82, 2.24) is 24.4 Å². The molecule has 1 aromatic carbocycles. The Labute approximate surface area is 169 Å². The van der Waals surface area contributed by atoms with Crippen molar-refractivity contribution in [2.75, 3.05) is 19.7 Å². The Kier molecular flexibility index (Phi) is 4.94. The van der Waals surface area contributed by atoms with Gasteiger partial charge in [0.15, 0.2) is 0 Å². The summed E-state index contributed by atoms with van der Waals surface area (Å²) in [5.74, 6) is 0.884. The van der Waals surface area contributed by atoms with Crippen LogP contribution in [0.1, 0.15) is 0 Å². The van der Waals surface area contributed by atoms with E-state index in [1.807, 2.05) is 55.1 Å². The van der Waals surface area contributed by atoms with E-state index in [4.69, 9.17) is 9.72 Å². The SMILES string of the molecule is c1ccc(-c2ncn(C[C@@H]3CNCCO3)c2-c2cccn2-c2ccccn2)cc1. The van der Waals surface area contributed by atoms with Crippen LogP contribution in [0, 0.1) is 0 Å². The number of aromatic nitrogens is 4. The lowest BCUT2D eigenvalue weighted by Crippen LogP contribution is -2.40. The molecule has 1 aliphatic rings. The zero-order valence-electron chi connectivity index (χ0n) is 16.1. The molecule has 1 N–H and O–H groups in total. The fraction of sp³-hybridized carbons (Fsp3) is 0.217. The van der Waals surface area contributed by atoms with Gasteiger partial charge in [-0.25, -0.2) is 9.97 Å². The van der Waals surface area contributed by atoms with E-state index in [9.17, 15) is 0 Å². The standard InChI is InChI=1S/C23H23N5O/c1-2-7-18(8-3-1)22-23(27(17-26-22)16-19-15-24-12-14-29-19)20-9-6-13-28(20)21-10-4-5-11-25-21/h1-11,13,17,19,24H,12,14-16H2/t19-/m0/s1. The van der Waals surface area contributed by atoms with E-state index in [-0.39, 0.29) is 6.10 Å². The highest BCUT2D eigenvalue weighted by Gasteiger charge is 2.22. The summed E-state index contributed by atoms with van der Waals surface area (Å²) in [6.07, 6.45) is 5.91. The zero-order valence-corrected chi connectivity index (χ0v) is 16.1. The number of pyridine rings is 1. The third-order valence-corrected chi connectivity index (χ3v) is 5.18. The van der Waals surface area contributed by atoms with Gasteiger partial charge < -0.3 is 14.6 Å². The van der Waals surface area contributed by atoms with Gasteiger partial charge in [0.25, 0.3) is 0 Å². The van der Waals surface area contributed by atoms with Crippen molar-refractivity contribution in [2.45, 2.75) is 12.6 Å². The minimum atomic E-state index is 0.124. The Hall–Kier alpha value is -3.22. The summed E-state index contributed by atoms with van der Waals surface area (Å²) in [7, 11) is 0. The lowest BCUT2D eigenvalue weighted by molar-refractivity contribution is 0.0184. The lowest BCUT2D eigenvalue weighted by Gasteiger charge is -2.25. The van der Waals surface area contributed by atoms with Crippen molar-refractivity contribution < 1.29 is 4.74 Å². The smallest absolute Gasteiger partial charge is 0.137 e. The van der Waals surface area contributed by atoms with Crippen LogP contribution in [0.4, 0.5) is 0 Å². The van der Waals surface area contributed by atoms with Gasteiger partial charge >= 0.3 is 0 Å². The van der Waals surface area contributed by atoms with E-state index in [0.717, 1.165) is 54.7 Å². The van der Waals surface area contributed by atoms with Crippen molar-refractivity contribution >= 4 is 0 Å². The van der Waals surface area contributed by atoms with Gasteiger partial charge in [-0.3, -0.25) is 4.57 Å². The molecule has 1 fully saturated rings. The van der Waals surface area contributed by atoms with Crippen molar-refractivity contribution in [3.05, 3.63) is 79.4 Å². The minimum Gasteiger partial charge on any atom is -0.374 e. The average Bonchev–Trinajstić information content (AvgIpc) is 3.42. The van der Waals surface area contributed by atoms with E-state index in [1.165, 1.54) is 0 Å². The van der Waals surface area contributed by atoms with Gasteiger partial charge in [0.2, 0.25) is 0 Å². The fourth-order valence-electron chi connectivity index (χ4n) is 3.82. The summed E-state index contributed by atoms with van der Waals surface area (Å²) >= 11 is 0. The fourth-order valence-corrected chi connectivity index (χ4v) is 3.82. The molecule has 0 aliphatic carbocycles. The molecule has 1 saturated heterocycles. The second-order valence-electron chi connectivity index (χ2n) is 7.11. The van der Waals surface area contributed by atoms with Gasteiger partial charge in [0.05, 0.1) is 42.7 Å². The molecule has 4 heterocycles. The summed E-state index contributed by atoms with van der Waals surface area (Å²) < 4.78 is 10.3. The Bertz CT molecular complexity index is 1070. The molecule has 29 heavy (non-hydrogen) atoms. The van der Waals surface area contributed by atoms with Crippen LogP contribution in [-0.2, 0) is 11.3 Å². The van der Waals surface area contributed by atoms with Crippen LogP contribution in [0.2, 0.25) is 0 Å². The first-order valence-electron chi connectivity index (χ1n) is 9.92. The summed E-state index contributed by atoms with van der Waals surface area (Å²) in [5, 5.41) is 3.41. The van der Waals surface area contributed by atoms with Crippen LogP contribution in [0.5, 0.6) is 0 Å². The summed E-state index contributed by atoms with van der Waals surface area (Å²) in [4.78, 5) is 9.33. The number of hydrogen-bond donors (Lipinski definition) is 1. The highest BCUT2D eigenvalue weighted by atomic mass is 16.5. The maximum Gasteiger partial charge on any atom is 0.137 e. The molecule has 0 radical (unpaired) electrons. The van der Waals surface area contributed by atoms with Crippen LogP contribution in [0.25, 0.3) is 28.5 Å². The Morgan fingerprint density at radius 3 is 2.69 bits per heavy atom. The molecule has 1 aliphatic heterocycles. The first-order valence-corrected chi connectivity index (χ1v) is 9.92. The third-order valence-electron chi connectivity index (χ3n) is 5.18. The monoisotopic (exact) mass is 385 g/mol. The molecular formula is C23H23N5O. The number of nitrogens with one attached hydrogen (secondary N) is 1. The Morgan fingerprint density at radius 1 is 1.00 bits per heavy atom. The number of rotatable bonds is 5. The summed E-state index contributed by atoms with van der Waals surface area (Å²) in [6, 6.07) is 20.4. The summed E-state index contributed by atoms with van der Waals surface area (Å²) in [5.41, 5.74) is 4.19. The topological polar surface area (TPSA) is 56.9 Å². The maximum atomic E-state index is 5.95. The second-order valence-corrected chi connectivity index (χ2v) is 7.11. The Balaban J connectivity index is 1.62. The van der Waals surface area contributed by atoms with Gasteiger partial charge in [-0.15, -0.1) is 0 Å². The van der Waals surface area contributed by atoms with Crippen LogP contribution in [-0.4, -0.2) is 44.9 Å². The highest BCUT2D eigenvalue weighted by molar-refractivity contribution is 5.78. The molecule has 0 amide bonds. The Morgan fingerprint density at radius 2 is 1.90 bits per heavy atom. The maximum absolute atomic E-state index is 5.95. The quantitative estimate of drug-likeness (QED) is 0.572. The molecular weight excluding hydrogens is 362 g/mol. The van der Waals surface area contributed by atoms with Gasteiger partial charge in [-0.1, -0.05) is 36.4 Å². The molecule has 6 heteroatoms. The number of nitrogens with zero attached hydrogens (tertiary/aromatic N) is 4. The van der Waals surface area contributed by atoms with Crippen LogP contribution in [0.15, 0.2) is 79.4 Å². The molecule has 1 atom stereocenters. The molecule has 0 unspecified atom stereocenters. The van der Waals surface area contributed by atoms with E-state index in [2.05, 4.69) is 43.7 Å². The normalized spacial score (nSPS) is 16.8. The first kappa shape index (κ1) is 17.8. The molecule has 4 aromatic rings. The molecule has 146 valence electrons. The van der Waals surface area contributed by atoms with Crippen molar-refractivity contribution in [1.29, 1.82) is 0 Å².